The summed E-state index contributed by atoms with van der Waals surface area (Å²) in [7, 11) is 0. The Hall–Kier alpha value is -1.38. The summed E-state index contributed by atoms with van der Waals surface area (Å²) in [5.74, 6) is 2.52. The van der Waals surface area contributed by atoms with Crippen molar-refractivity contribution in [1.82, 2.24) is 0 Å². The van der Waals surface area contributed by atoms with Gasteiger partial charge in [-0.3, -0.25) is 0 Å². The molecule has 0 aromatic rings. The van der Waals surface area contributed by atoms with Crippen molar-refractivity contribution in [3.8, 4) is 0 Å². The number of rotatable bonds is 23. The predicted octanol–water partition coefficient (Wildman–Crippen LogP) is 12.5. The van der Waals surface area contributed by atoms with Crippen molar-refractivity contribution in [2.45, 2.75) is 177 Å². The maximum atomic E-state index is 9.89. The Morgan fingerprint density at radius 1 is 0.595 bits per heavy atom. The zero-order chi connectivity index (χ0) is 32.6. The van der Waals surface area contributed by atoms with E-state index in [1.807, 2.05) is 13.8 Å². The first kappa shape index (κ1) is 42.8. The van der Waals surface area contributed by atoms with Gasteiger partial charge in [-0.1, -0.05) is 126 Å². The highest BCUT2D eigenvalue weighted by molar-refractivity contribution is 5.06. The first-order valence-electron chi connectivity index (χ1n) is 17.2. The van der Waals surface area contributed by atoms with E-state index in [1.165, 1.54) is 61.7 Å². The Labute approximate surface area is 264 Å². The standard InChI is InChI=1S/C20H40O.C20H34O/c2*1-7-20(6,21)16-10-15-19(5)14-9-13-18(4)12-8-11-17(2)3/h7,17-19,21H,1,8-16H2,2-6H3;7,11,13,15,21H,1,8-10,12,14,16H2,2-6H3/b;18-13+,19-15+. The minimum Gasteiger partial charge on any atom is -0.386 e. The summed E-state index contributed by atoms with van der Waals surface area (Å²) in [6.45, 7) is 29.1. The lowest BCUT2D eigenvalue weighted by atomic mass is 9.90. The van der Waals surface area contributed by atoms with Crippen LogP contribution in [0.25, 0.3) is 0 Å². The number of aliphatic hydroxyl groups is 2. The highest BCUT2D eigenvalue weighted by Crippen LogP contribution is 2.23. The third-order valence-corrected chi connectivity index (χ3v) is 8.40. The lowest BCUT2D eigenvalue weighted by Gasteiger charge is -2.20. The van der Waals surface area contributed by atoms with E-state index in [9.17, 15) is 10.2 Å². The molecule has 42 heavy (non-hydrogen) atoms. The van der Waals surface area contributed by atoms with Crippen LogP contribution >= 0.6 is 0 Å². The van der Waals surface area contributed by atoms with Crippen LogP contribution in [0.2, 0.25) is 0 Å². The van der Waals surface area contributed by atoms with Crippen molar-refractivity contribution < 1.29 is 10.2 Å². The van der Waals surface area contributed by atoms with Crippen LogP contribution in [-0.4, -0.2) is 21.4 Å². The van der Waals surface area contributed by atoms with Gasteiger partial charge in [-0.05, 0) is 104 Å². The molecule has 0 saturated carbocycles. The molecule has 4 atom stereocenters. The third kappa shape index (κ3) is 30.1. The van der Waals surface area contributed by atoms with Crippen LogP contribution in [0.4, 0.5) is 0 Å². The normalized spacial score (nSPS) is 16.5. The molecule has 0 aromatic carbocycles. The molecule has 2 nitrogen and oxygen atoms in total. The van der Waals surface area contributed by atoms with Gasteiger partial charge in [-0.2, -0.15) is 0 Å². The fourth-order valence-electron chi connectivity index (χ4n) is 4.94. The highest BCUT2D eigenvalue weighted by atomic mass is 16.3. The molecule has 4 unspecified atom stereocenters. The quantitative estimate of drug-likeness (QED) is 0.117. The molecule has 0 radical (unpaired) electrons. The minimum atomic E-state index is -0.738. The van der Waals surface area contributed by atoms with Crippen LogP contribution in [0.1, 0.15) is 166 Å². The molecular formula is C40H74O2. The first-order chi connectivity index (χ1) is 19.5. The Morgan fingerprint density at radius 3 is 1.45 bits per heavy atom. The largest absolute Gasteiger partial charge is 0.386 e. The summed E-state index contributed by atoms with van der Waals surface area (Å²) in [5.41, 5.74) is 2.87. The second-order valence-corrected chi connectivity index (χ2v) is 14.5. The van der Waals surface area contributed by atoms with Gasteiger partial charge in [0, 0.05) is 0 Å². The SMILES string of the molecule is C=CC(C)(O)CC/C=C(\C)CC/C=C(\C)CCC=C(C)C.C=CC(C)(O)CCCC(C)CCCC(C)CCCC(C)C. The van der Waals surface area contributed by atoms with Crippen LogP contribution in [0.5, 0.6) is 0 Å². The Bertz CT molecular complexity index is 773. The molecule has 0 bridgehead atoms. The fourth-order valence-corrected chi connectivity index (χ4v) is 4.94. The van der Waals surface area contributed by atoms with E-state index in [0.717, 1.165) is 69.1 Å². The lowest BCUT2D eigenvalue weighted by Crippen LogP contribution is -2.20. The zero-order valence-electron chi connectivity index (χ0n) is 30.0. The number of allylic oxidation sites excluding steroid dienone is 6. The van der Waals surface area contributed by atoms with Crippen molar-refractivity contribution in [1.29, 1.82) is 0 Å². The first-order valence-corrected chi connectivity index (χ1v) is 17.2. The fraction of sp³-hybridized carbons (Fsp3) is 0.750. The third-order valence-electron chi connectivity index (χ3n) is 8.40. The number of hydrogen-bond acceptors (Lipinski definition) is 2. The zero-order valence-corrected chi connectivity index (χ0v) is 30.0. The smallest absolute Gasteiger partial charge is 0.0800 e. The lowest BCUT2D eigenvalue weighted by molar-refractivity contribution is 0.0974. The van der Waals surface area contributed by atoms with Crippen LogP contribution < -0.4 is 0 Å². The predicted molar refractivity (Wildman–Crippen MR) is 191 cm³/mol. The van der Waals surface area contributed by atoms with E-state index in [-0.39, 0.29) is 0 Å². The van der Waals surface area contributed by atoms with Crippen LogP contribution in [-0.2, 0) is 0 Å². The summed E-state index contributed by atoms with van der Waals surface area (Å²) in [4.78, 5) is 0. The Kier molecular flexibility index (Phi) is 25.4. The van der Waals surface area contributed by atoms with Crippen molar-refractivity contribution >= 4 is 0 Å². The van der Waals surface area contributed by atoms with E-state index in [2.05, 4.69) is 86.8 Å². The Balaban J connectivity index is 0. The van der Waals surface area contributed by atoms with Crippen molar-refractivity contribution in [3.05, 3.63) is 60.3 Å². The Morgan fingerprint density at radius 2 is 1.00 bits per heavy atom. The maximum Gasteiger partial charge on any atom is 0.0800 e. The van der Waals surface area contributed by atoms with Crippen LogP contribution in [0.15, 0.2) is 60.3 Å². The number of hydrogen-bond donors (Lipinski definition) is 2. The molecule has 0 aliphatic heterocycles. The van der Waals surface area contributed by atoms with E-state index >= 15 is 0 Å². The summed E-state index contributed by atoms with van der Waals surface area (Å²) < 4.78 is 0. The van der Waals surface area contributed by atoms with Gasteiger partial charge in [-0.15, -0.1) is 13.2 Å². The second kappa shape index (κ2) is 25.0. The molecule has 0 amide bonds. The summed E-state index contributed by atoms with van der Waals surface area (Å²) in [5, 5.41) is 19.7. The van der Waals surface area contributed by atoms with Gasteiger partial charge in [0.25, 0.3) is 0 Å². The van der Waals surface area contributed by atoms with Gasteiger partial charge in [0.1, 0.15) is 0 Å². The average Bonchev–Trinajstić information content (AvgIpc) is 2.88. The highest BCUT2D eigenvalue weighted by Gasteiger charge is 2.15. The van der Waals surface area contributed by atoms with Crippen molar-refractivity contribution in [2.75, 3.05) is 0 Å². The maximum absolute atomic E-state index is 9.89. The average molecular weight is 587 g/mol. The summed E-state index contributed by atoms with van der Waals surface area (Å²) in [6.07, 6.45) is 27.8. The molecule has 0 aliphatic carbocycles. The molecular weight excluding hydrogens is 512 g/mol. The molecule has 0 aliphatic rings. The molecule has 0 spiro atoms. The van der Waals surface area contributed by atoms with Crippen LogP contribution in [0, 0.1) is 17.8 Å². The minimum absolute atomic E-state index is 0.676. The molecule has 0 saturated heterocycles. The topological polar surface area (TPSA) is 40.5 Å². The van der Waals surface area contributed by atoms with Gasteiger partial charge in [0.05, 0.1) is 11.2 Å². The summed E-state index contributed by atoms with van der Waals surface area (Å²) >= 11 is 0. The molecule has 0 aromatic heterocycles. The second-order valence-electron chi connectivity index (χ2n) is 14.5. The van der Waals surface area contributed by atoms with E-state index < -0.39 is 11.2 Å². The molecule has 2 N–H and O–H groups in total. The van der Waals surface area contributed by atoms with E-state index in [4.69, 9.17) is 0 Å². The molecule has 246 valence electrons. The molecule has 2 heteroatoms. The van der Waals surface area contributed by atoms with E-state index in [0.29, 0.717) is 0 Å². The summed E-state index contributed by atoms with van der Waals surface area (Å²) in [6, 6.07) is 0. The molecule has 0 heterocycles. The molecule has 0 rings (SSSR count). The monoisotopic (exact) mass is 587 g/mol. The van der Waals surface area contributed by atoms with Crippen molar-refractivity contribution in [3.63, 3.8) is 0 Å². The van der Waals surface area contributed by atoms with Gasteiger partial charge < -0.3 is 10.2 Å². The van der Waals surface area contributed by atoms with Crippen molar-refractivity contribution in [2.24, 2.45) is 17.8 Å². The molecule has 0 fully saturated rings. The van der Waals surface area contributed by atoms with E-state index in [1.54, 1.807) is 12.2 Å². The van der Waals surface area contributed by atoms with Gasteiger partial charge >= 0.3 is 0 Å². The van der Waals surface area contributed by atoms with Gasteiger partial charge in [0.2, 0.25) is 0 Å². The van der Waals surface area contributed by atoms with Crippen LogP contribution in [0.3, 0.4) is 0 Å². The van der Waals surface area contributed by atoms with Gasteiger partial charge in [0.15, 0.2) is 0 Å². The van der Waals surface area contributed by atoms with Gasteiger partial charge in [-0.25, -0.2) is 0 Å².